The molecule has 0 atom stereocenters. The molecule has 4 nitrogen and oxygen atoms in total. The van der Waals surface area contributed by atoms with E-state index in [1.165, 1.54) is 0 Å². The number of carbonyl (C=O) groups is 1. The van der Waals surface area contributed by atoms with E-state index in [-0.39, 0.29) is 17.4 Å². The topological polar surface area (TPSA) is 55.6 Å². The van der Waals surface area contributed by atoms with Crippen LogP contribution in [0.4, 0.5) is 0 Å². The van der Waals surface area contributed by atoms with Gasteiger partial charge in [-0.3, -0.25) is 9.69 Å². The van der Waals surface area contributed by atoms with Gasteiger partial charge in [0.25, 0.3) is 0 Å². The van der Waals surface area contributed by atoms with Crippen LogP contribution in [0.15, 0.2) is 0 Å². The van der Waals surface area contributed by atoms with Crippen LogP contribution in [0.5, 0.6) is 0 Å². The van der Waals surface area contributed by atoms with Crippen LogP contribution in [0, 0.1) is 5.92 Å². The fourth-order valence-electron chi connectivity index (χ4n) is 2.96. The maximum absolute atomic E-state index is 11.7. The molecule has 1 saturated carbocycles. The molecule has 0 aromatic heterocycles. The molecule has 19 heavy (non-hydrogen) atoms. The lowest BCUT2D eigenvalue weighted by molar-refractivity contribution is -0.149. The second kappa shape index (κ2) is 7.25. The van der Waals surface area contributed by atoms with Crippen molar-refractivity contribution in [2.24, 2.45) is 11.7 Å². The summed E-state index contributed by atoms with van der Waals surface area (Å²) >= 11 is 0. The molecule has 1 aliphatic carbocycles. The third-order valence-electron chi connectivity index (χ3n) is 3.85. The van der Waals surface area contributed by atoms with Crippen molar-refractivity contribution < 1.29 is 9.53 Å². The zero-order valence-electron chi connectivity index (χ0n) is 12.9. The second-order valence-corrected chi connectivity index (χ2v) is 6.31. The third-order valence-corrected chi connectivity index (χ3v) is 3.85. The van der Waals surface area contributed by atoms with E-state index in [2.05, 4.69) is 25.7 Å². The summed E-state index contributed by atoms with van der Waals surface area (Å²) in [6, 6.07) is 0.568. The molecule has 0 radical (unpaired) electrons. The minimum absolute atomic E-state index is 0.0110. The number of rotatable bonds is 6. The van der Waals surface area contributed by atoms with Crippen LogP contribution in [-0.4, -0.2) is 42.1 Å². The number of carbonyl (C=O) groups excluding carboxylic acids is 1. The SMILES string of the molecule is CCOC(=O)C1CCC(N(CC)CC(C)(C)N)CC1. The van der Waals surface area contributed by atoms with E-state index in [0.717, 1.165) is 38.8 Å². The largest absolute Gasteiger partial charge is 0.466 e. The van der Waals surface area contributed by atoms with Crippen molar-refractivity contribution >= 4 is 5.97 Å². The summed E-state index contributed by atoms with van der Waals surface area (Å²) in [7, 11) is 0. The smallest absolute Gasteiger partial charge is 0.308 e. The fourth-order valence-corrected chi connectivity index (χ4v) is 2.96. The van der Waals surface area contributed by atoms with Gasteiger partial charge in [-0.25, -0.2) is 0 Å². The summed E-state index contributed by atoms with van der Waals surface area (Å²) < 4.78 is 5.11. The Balaban J connectivity index is 2.45. The van der Waals surface area contributed by atoms with Crippen molar-refractivity contribution in [2.45, 2.75) is 65.0 Å². The fraction of sp³-hybridized carbons (Fsp3) is 0.933. The van der Waals surface area contributed by atoms with Crippen molar-refractivity contribution in [1.82, 2.24) is 4.90 Å². The van der Waals surface area contributed by atoms with E-state index in [0.29, 0.717) is 12.6 Å². The molecule has 0 saturated heterocycles. The number of hydrogen-bond donors (Lipinski definition) is 1. The van der Waals surface area contributed by atoms with Crippen molar-refractivity contribution in [3.8, 4) is 0 Å². The van der Waals surface area contributed by atoms with Crippen LogP contribution in [0.25, 0.3) is 0 Å². The summed E-state index contributed by atoms with van der Waals surface area (Å²) in [5.74, 6) is 0.101. The van der Waals surface area contributed by atoms with Crippen LogP contribution < -0.4 is 5.73 Å². The van der Waals surface area contributed by atoms with Crippen LogP contribution in [0.1, 0.15) is 53.4 Å². The van der Waals surface area contributed by atoms with Gasteiger partial charge in [0.1, 0.15) is 0 Å². The number of likely N-dealkylation sites (N-methyl/N-ethyl adjacent to an activating group) is 1. The van der Waals surface area contributed by atoms with Crippen molar-refractivity contribution in [1.29, 1.82) is 0 Å². The average Bonchev–Trinajstić information content (AvgIpc) is 2.35. The van der Waals surface area contributed by atoms with Gasteiger partial charge in [-0.1, -0.05) is 6.92 Å². The Bertz CT molecular complexity index is 278. The van der Waals surface area contributed by atoms with Crippen LogP contribution >= 0.6 is 0 Å². The molecule has 4 heteroatoms. The summed E-state index contributed by atoms with van der Waals surface area (Å²) in [6.07, 6.45) is 4.05. The molecular formula is C15H30N2O2. The minimum atomic E-state index is -0.159. The lowest BCUT2D eigenvalue weighted by Gasteiger charge is -2.38. The van der Waals surface area contributed by atoms with Crippen molar-refractivity contribution in [3.05, 3.63) is 0 Å². The highest BCUT2D eigenvalue weighted by Gasteiger charge is 2.31. The van der Waals surface area contributed by atoms with Gasteiger partial charge >= 0.3 is 5.97 Å². The highest BCUT2D eigenvalue weighted by molar-refractivity contribution is 5.72. The van der Waals surface area contributed by atoms with Crippen molar-refractivity contribution in [3.63, 3.8) is 0 Å². The third kappa shape index (κ3) is 5.49. The molecule has 0 bridgehead atoms. The van der Waals surface area contributed by atoms with E-state index in [9.17, 15) is 4.79 Å². The van der Waals surface area contributed by atoms with Crippen molar-refractivity contribution in [2.75, 3.05) is 19.7 Å². The van der Waals surface area contributed by atoms with E-state index >= 15 is 0 Å². The van der Waals surface area contributed by atoms with E-state index in [4.69, 9.17) is 10.5 Å². The number of nitrogens with zero attached hydrogens (tertiary/aromatic N) is 1. The Morgan fingerprint density at radius 1 is 1.26 bits per heavy atom. The zero-order valence-corrected chi connectivity index (χ0v) is 12.9. The molecule has 2 N–H and O–H groups in total. The monoisotopic (exact) mass is 270 g/mol. The van der Waals surface area contributed by atoms with Crippen LogP contribution in [0.2, 0.25) is 0 Å². The first-order chi connectivity index (χ1) is 8.87. The Morgan fingerprint density at radius 2 is 1.84 bits per heavy atom. The first kappa shape index (κ1) is 16.4. The van der Waals surface area contributed by atoms with E-state index in [1.807, 2.05) is 6.92 Å². The molecule has 0 unspecified atom stereocenters. The molecule has 0 aromatic carbocycles. The lowest BCUT2D eigenvalue weighted by Crippen LogP contribution is -2.50. The van der Waals surface area contributed by atoms with Gasteiger partial charge in [-0.05, 0) is 53.0 Å². The molecule has 112 valence electrons. The molecule has 0 spiro atoms. The maximum atomic E-state index is 11.7. The number of esters is 1. The Labute approximate surface area is 117 Å². The quantitative estimate of drug-likeness (QED) is 0.752. The standard InChI is InChI=1S/C15H30N2O2/c1-5-17(11-15(3,4)16)13-9-7-12(8-10-13)14(18)19-6-2/h12-13H,5-11,16H2,1-4H3. The molecule has 0 heterocycles. The van der Waals surface area contributed by atoms with Crippen LogP contribution in [0.3, 0.4) is 0 Å². The Kier molecular flexibility index (Phi) is 6.27. The normalized spacial score (nSPS) is 24.5. The highest BCUT2D eigenvalue weighted by atomic mass is 16.5. The summed E-state index contributed by atoms with van der Waals surface area (Å²) in [5, 5.41) is 0. The van der Waals surface area contributed by atoms with Gasteiger partial charge < -0.3 is 10.5 Å². The summed E-state index contributed by atoms with van der Waals surface area (Å²) in [4.78, 5) is 14.2. The summed E-state index contributed by atoms with van der Waals surface area (Å²) in [5.41, 5.74) is 5.96. The predicted octanol–water partition coefficient (Wildman–Crippen LogP) is 2.17. The summed E-state index contributed by atoms with van der Waals surface area (Å²) in [6.45, 7) is 10.6. The maximum Gasteiger partial charge on any atom is 0.308 e. The predicted molar refractivity (Wildman–Crippen MR) is 77.9 cm³/mol. The molecular weight excluding hydrogens is 240 g/mol. The van der Waals surface area contributed by atoms with Gasteiger partial charge in [-0.15, -0.1) is 0 Å². The average molecular weight is 270 g/mol. The van der Waals surface area contributed by atoms with Crippen LogP contribution in [-0.2, 0) is 9.53 Å². The molecule has 0 aromatic rings. The molecule has 0 aliphatic heterocycles. The van der Waals surface area contributed by atoms with Gasteiger partial charge in [0.2, 0.25) is 0 Å². The number of nitrogens with two attached hydrogens (primary N) is 1. The molecule has 1 fully saturated rings. The Morgan fingerprint density at radius 3 is 2.26 bits per heavy atom. The number of hydrogen-bond acceptors (Lipinski definition) is 4. The molecule has 1 rings (SSSR count). The van der Waals surface area contributed by atoms with Gasteiger partial charge in [-0.2, -0.15) is 0 Å². The van der Waals surface area contributed by atoms with Gasteiger partial charge in [0, 0.05) is 18.1 Å². The number of ether oxygens (including phenoxy) is 1. The first-order valence-electron chi connectivity index (χ1n) is 7.57. The van der Waals surface area contributed by atoms with Gasteiger partial charge in [0.05, 0.1) is 12.5 Å². The second-order valence-electron chi connectivity index (χ2n) is 6.31. The Hall–Kier alpha value is -0.610. The zero-order chi connectivity index (χ0) is 14.5. The van der Waals surface area contributed by atoms with E-state index in [1.54, 1.807) is 0 Å². The lowest BCUT2D eigenvalue weighted by atomic mass is 9.85. The molecule has 0 amide bonds. The van der Waals surface area contributed by atoms with E-state index < -0.39 is 0 Å². The minimum Gasteiger partial charge on any atom is -0.466 e. The first-order valence-corrected chi connectivity index (χ1v) is 7.57. The molecule has 1 aliphatic rings. The van der Waals surface area contributed by atoms with Gasteiger partial charge in [0.15, 0.2) is 0 Å². The highest BCUT2D eigenvalue weighted by Crippen LogP contribution is 2.29.